The van der Waals surface area contributed by atoms with E-state index in [0.29, 0.717) is 23.7 Å². The lowest BCUT2D eigenvalue weighted by atomic mass is 10.1. The van der Waals surface area contributed by atoms with E-state index in [2.05, 4.69) is 22.6 Å². The van der Waals surface area contributed by atoms with Gasteiger partial charge in [0, 0.05) is 15.7 Å². The fraction of sp³-hybridized carbons (Fsp3) is 0.462. The Balaban J connectivity index is 2.21. The lowest BCUT2D eigenvalue weighted by Gasteiger charge is -2.36. The highest BCUT2D eigenvalue weighted by Gasteiger charge is 2.28. The van der Waals surface area contributed by atoms with Gasteiger partial charge in [0.2, 0.25) is 0 Å². The molecule has 2 unspecified atom stereocenters. The van der Waals surface area contributed by atoms with Gasteiger partial charge in [0.05, 0.1) is 23.8 Å². The van der Waals surface area contributed by atoms with Gasteiger partial charge in [-0.1, -0.05) is 11.6 Å². The second kappa shape index (κ2) is 5.75. The van der Waals surface area contributed by atoms with E-state index in [4.69, 9.17) is 16.3 Å². The van der Waals surface area contributed by atoms with Crippen LogP contribution in [0.15, 0.2) is 18.2 Å². The maximum Gasteiger partial charge on any atom is 0.254 e. The minimum Gasteiger partial charge on any atom is -0.375 e. The second-order valence-electron chi connectivity index (χ2n) is 4.58. The third-order valence-electron chi connectivity index (χ3n) is 3.04. The van der Waals surface area contributed by atoms with Crippen LogP contribution in [-0.4, -0.2) is 36.1 Å². The van der Waals surface area contributed by atoms with Crippen LogP contribution in [0.25, 0.3) is 0 Å². The number of ether oxygens (including phenoxy) is 1. The van der Waals surface area contributed by atoms with Crippen molar-refractivity contribution in [2.45, 2.75) is 26.0 Å². The molecule has 0 aliphatic carbocycles. The first-order valence-corrected chi connectivity index (χ1v) is 7.32. The summed E-state index contributed by atoms with van der Waals surface area (Å²) >= 11 is 8.21. The van der Waals surface area contributed by atoms with Crippen LogP contribution >= 0.6 is 34.2 Å². The van der Waals surface area contributed by atoms with Crippen LogP contribution in [0.3, 0.4) is 0 Å². The van der Waals surface area contributed by atoms with Gasteiger partial charge in [-0.3, -0.25) is 4.79 Å². The summed E-state index contributed by atoms with van der Waals surface area (Å²) in [5.41, 5.74) is 0.640. The quantitative estimate of drug-likeness (QED) is 0.701. The summed E-state index contributed by atoms with van der Waals surface area (Å²) in [4.78, 5) is 14.3. The summed E-state index contributed by atoms with van der Waals surface area (Å²) in [6, 6.07) is 5.53. The van der Waals surface area contributed by atoms with Crippen LogP contribution in [0.2, 0.25) is 5.02 Å². The molecule has 0 radical (unpaired) electrons. The molecule has 0 saturated carbocycles. The number of rotatable bonds is 1. The number of benzene rings is 1. The molecule has 1 saturated heterocycles. The van der Waals surface area contributed by atoms with Gasteiger partial charge in [-0.05, 0) is 54.6 Å². The van der Waals surface area contributed by atoms with Crippen molar-refractivity contribution in [3.05, 3.63) is 32.4 Å². The fourth-order valence-corrected chi connectivity index (χ4v) is 2.50. The van der Waals surface area contributed by atoms with Crippen LogP contribution < -0.4 is 0 Å². The van der Waals surface area contributed by atoms with Gasteiger partial charge < -0.3 is 9.64 Å². The summed E-state index contributed by atoms with van der Waals surface area (Å²) in [7, 11) is 0. The molecule has 2 rings (SSSR count). The minimum atomic E-state index is 0.0240. The predicted octanol–water partition coefficient (Wildman–Crippen LogP) is 3.19. The Morgan fingerprint density at radius 1 is 1.50 bits per heavy atom. The SMILES string of the molecule is CC1CN(C(=O)c2ccc(I)c(Cl)c2)C(C)CO1. The lowest BCUT2D eigenvalue weighted by molar-refractivity contribution is -0.0387. The molecule has 0 N–H and O–H groups in total. The molecule has 3 nitrogen and oxygen atoms in total. The Bertz CT molecular complexity index is 466. The van der Waals surface area contributed by atoms with Crippen LogP contribution in [0.1, 0.15) is 24.2 Å². The molecule has 1 heterocycles. The number of carbonyl (C=O) groups is 1. The number of nitrogens with zero attached hydrogens (tertiary/aromatic N) is 1. The van der Waals surface area contributed by atoms with Crippen LogP contribution in [0.4, 0.5) is 0 Å². The summed E-state index contributed by atoms with van der Waals surface area (Å²) in [5, 5.41) is 0.621. The van der Waals surface area contributed by atoms with Gasteiger partial charge in [0.1, 0.15) is 0 Å². The molecule has 0 aromatic heterocycles. The Morgan fingerprint density at radius 3 is 2.89 bits per heavy atom. The maximum absolute atomic E-state index is 12.4. The number of hydrogen-bond donors (Lipinski definition) is 0. The average molecular weight is 380 g/mol. The Hall–Kier alpha value is -0.330. The summed E-state index contributed by atoms with van der Waals surface area (Å²) in [6.45, 7) is 5.19. The molecule has 1 amide bonds. The summed E-state index contributed by atoms with van der Waals surface area (Å²) < 4.78 is 6.48. The lowest BCUT2D eigenvalue weighted by Crippen LogP contribution is -2.50. The highest BCUT2D eigenvalue weighted by Crippen LogP contribution is 2.22. The molecule has 1 aliphatic heterocycles. The highest BCUT2D eigenvalue weighted by molar-refractivity contribution is 14.1. The van der Waals surface area contributed by atoms with E-state index in [9.17, 15) is 4.79 Å². The van der Waals surface area contributed by atoms with Crippen molar-refractivity contribution < 1.29 is 9.53 Å². The largest absolute Gasteiger partial charge is 0.375 e. The van der Waals surface area contributed by atoms with Gasteiger partial charge >= 0.3 is 0 Å². The molecular formula is C13H15ClINO2. The Kier molecular flexibility index (Phi) is 4.50. The molecule has 1 aromatic rings. The molecule has 2 atom stereocenters. The first kappa shape index (κ1) is 14.1. The van der Waals surface area contributed by atoms with Crippen molar-refractivity contribution in [1.82, 2.24) is 4.90 Å². The van der Waals surface area contributed by atoms with Crippen LogP contribution in [0, 0.1) is 3.57 Å². The fourth-order valence-electron chi connectivity index (χ4n) is 1.98. The van der Waals surface area contributed by atoms with E-state index in [1.54, 1.807) is 6.07 Å². The van der Waals surface area contributed by atoms with Crippen LogP contribution in [-0.2, 0) is 4.74 Å². The number of hydrogen-bond acceptors (Lipinski definition) is 2. The van der Waals surface area contributed by atoms with Crippen molar-refractivity contribution >= 4 is 40.1 Å². The standard InChI is InChI=1S/C13H15ClINO2/c1-8-7-18-9(2)6-16(8)13(17)10-3-4-12(15)11(14)5-10/h3-5,8-9H,6-7H2,1-2H3. The third kappa shape index (κ3) is 2.97. The average Bonchev–Trinajstić information content (AvgIpc) is 2.35. The molecule has 98 valence electrons. The molecule has 18 heavy (non-hydrogen) atoms. The van der Waals surface area contributed by atoms with E-state index in [1.165, 1.54) is 0 Å². The van der Waals surface area contributed by atoms with Gasteiger partial charge in [-0.25, -0.2) is 0 Å². The molecule has 1 aromatic carbocycles. The van der Waals surface area contributed by atoms with Crippen molar-refractivity contribution in [3.8, 4) is 0 Å². The van der Waals surface area contributed by atoms with Gasteiger partial charge in [0.15, 0.2) is 0 Å². The zero-order valence-corrected chi connectivity index (χ0v) is 13.2. The number of carbonyl (C=O) groups excluding carboxylic acids is 1. The van der Waals surface area contributed by atoms with Crippen molar-refractivity contribution in [1.29, 1.82) is 0 Å². The maximum atomic E-state index is 12.4. The number of morpholine rings is 1. The Morgan fingerprint density at radius 2 is 2.22 bits per heavy atom. The molecular weight excluding hydrogens is 365 g/mol. The summed E-state index contributed by atoms with van der Waals surface area (Å²) in [5.74, 6) is 0.0240. The Labute approximate surface area is 126 Å². The topological polar surface area (TPSA) is 29.5 Å². The van der Waals surface area contributed by atoms with E-state index in [-0.39, 0.29) is 18.1 Å². The smallest absolute Gasteiger partial charge is 0.254 e. The van der Waals surface area contributed by atoms with E-state index < -0.39 is 0 Å². The van der Waals surface area contributed by atoms with Gasteiger partial charge in [-0.15, -0.1) is 0 Å². The van der Waals surface area contributed by atoms with E-state index in [1.807, 2.05) is 30.9 Å². The molecule has 1 fully saturated rings. The monoisotopic (exact) mass is 379 g/mol. The van der Waals surface area contributed by atoms with Gasteiger partial charge in [0.25, 0.3) is 5.91 Å². The first-order chi connectivity index (χ1) is 8.49. The minimum absolute atomic E-state index is 0.0240. The normalized spacial score (nSPS) is 24.1. The predicted molar refractivity (Wildman–Crippen MR) is 80.1 cm³/mol. The third-order valence-corrected chi connectivity index (χ3v) is 4.61. The zero-order chi connectivity index (χ0) is 13.3. The zero-order valence-electron chi connectivity index (χ0n) is 10.3. The molecule has 0 spiro atoms. The van der Waals surface area contributed by atoms with E-state index in [0.717, 1.165) is 3.57 Å². The molecule has 0 bridgehead atoms. The molecule has 1 aliphatic rings. The number of halogens is 2. The van der Waals surface area contributed by atoms with Crippen molar-refractivity contribution in [2.24, 2.45) is 0 Å². The second-order valence-corrected chi connectivity index (χ2v) is 6.15. The van der Waals surface area contributed by atoms with Gasteiger partial charge in [-0.2, -0.15) is 0 Å². The van der Waals surface area contributed by atoms with Crippen molar-refractivity contribution in [2.75, 3.05) is 13.2 Å². The van der Waals surface area contributed by atoms with Crippen molar-refractivity contribution in [3.63, 3.8) is 0 Å². The van der Waals surface area contributed by atoms with E-state index >= 15 is 0 Å². The highest BCUT2D eigenvalue weighted by atomic mass is 127. The van der Waals surface area contributed by atoms with Crippen LogP contribution in [0.5, 0.6) is 0 Å². The first-order valence-electron chi connectivity index (χ1n) is 5.86. The number of amides is 1. The molecule has 5 heteroatoms. The summed E-state index contributed by atoms with van der Waals surface area (Å²) in [6.07, 6.45) is 0.0875.